The van der Waals surface area contributed by atoms with Crippen LogP contribution in [-0.2, 0) is 20.8 Å². The molecule has 1 aliphatic rings. The summed E-state index contributed by atoms with van der Waals surface area (Å²) in [5, 5.41) is 1.70. The maximum absolute atomic E-state index is 15.0. The highest BCUT2D eigenvalue weighted by Crippen LogP contribution is 2.58. The van der Waals surface area contributed by atoms with Crippen LogP contribution in [0.25, 0.3) is 11.1 Å². The summed E-state index contributed by atoms with van der Waals surface area (Å²) in [6.45, 7) is 0. The van der Waals surface area contributed by atoms with E-state index in [1.807, 2.05) is 0 Å². The van der Waals surface area contributed by atoms with E-state index in [9.17, 15) is 74.3 Å². The lowest BCUT2D eigenvalue weighted by Crippen LogP contribution is -2.70. The van der Waals surface area contributed by atoms with Crippen LogP contribution in [0.1, 0.15) is 16.7 Å². The van der Waals surface area contributed by atoms with Gasteiger partial charge in [0.25, 0.3) is 0 Å². The molecular weight excluding hydrogens is 631 g/mol. The van der Waals surface area contributed by atoms with Gasteiger partial charge in [-0.1, -0.05) is 41.6 Å². The Kier molecular flexibility index (Phi) is 7.64. The SMILES string of the molecule is O=S(=O)(ON=C(c1ccc2c(c1)Cc1ccccc1-2)C(F)(F)C(F)(F)C(F)(F)C(F)(F)C(F)(F)C(F)F)C(F)(F)F. The number of nitrogens with zero attached hydrogens (tertiary/aromatic N) is 1. The number of rotatable bonds is 9. The highest BCUT2D eigenvalue weighted by Gasteiger charge is 2.88. The molecule has 20 heteroatoms. The molecule has 0 aliphatic heterocycles. The van der Waals surface area contributed by atoms with Crippen LogP contribution >= 0.6 is 0 Å². The van der Waals surface area contributed by atoms with Crippen molar-refractivity contribution >= 4 is 15.8 Å². The molecule has 41 heavy (non-hydrogen) atoms. The molecule has 0 amide bonds. The standard InChI is InChI=1S/C21H10F15NO3S/c22-15(23)17(26,27)19(30,31)20(32,33)18(28,29)16(24,25)14(37-40-41(38,39)21(34,35)36)10-5-6-13-11(8-10)7-9-3-1-2-4-12(9)13/h1-6,8,15H,7H2. The Hall–Kier alpha value is -3.19. The average molecular weight is 641 g/mol. The Morgan fingerprint density at radius 3 is 1.80 bits per heavy atom. The van der Waals surface area contributed by atoms with Gasteiger partial charge in [-0.2, -0.15) is 65.5 Å². The first-order valence-corrected chi connectivity index (χ1v) is 11.7. The second-order valence-electron chi connectivity index (χ2n) is 8.34. The molecule has 1 aliphatic carbocycles. The molecule has 0 saturated carbocycles. The Labute approximate surface area is 218 Å². The molecule has 0 radical (unpaired) electrons. The molecule has 0 unspecified atom stereocenters. The summed E-state index contributed by atoms with van der Waals surface area (Å²) < 4.78 is 228. The molecule has 2 aromatic rings. The van der Waals surface area contributed by atoms with Crippen molar-refractivity contribution in [2.24, 2.45) is 5.16 Å². The van der Waals surface area contributed by atoms with E-state index in [1.165, 1.54) is 24.3 Å². The third-order valence-corrected chi connectivity index (χ3v) is 6.59. The van der Waals surface area contributed by atoms with Gasteiger partial charge in [0.05, 0.1) is 0 Å². The quantitative estimate of drug-likeness (QED) is 0.107. The minimum Gasteiger partial charge on any atom is -0.261 e. The van der Waals surface area contributed by atoms with Gasteiger partial charge >= 0.3 is 51.7 Å². The molecular formula is C21H10F15NO3S. The molecule has 4 nitrogen and oxygen atoms in total. The number of hydrogen-bond acceptors (Lipinski definition) is 4. The predicted octanol–water partition coefficient (Wildman–Crippen LogP) is 7.27. The average Bonchev–Trinajstić information content (AvgIpc) is 3.20. The van der Waals surface area contributed by atoms with Gasteiger partial charge in [0.1, 0.15) is 0 Å². The van der Waals surface area contributed by atoms with Crippen LogP contribution in [0.4, 0.5) is 65.9 Å². The monoisotopic (exact) mass is 641 g/mol. The van der Waals surface area contributed by atoms with Gasteiger partial charge in [0.2, 0.25) is 0 Å². The van der Waals surface area contributed by atoms with E-state index in [2.05, 4.69) is 4.28 Å². The van der Waals surface area contributed by atoms with E-state index < -0.39 is 62.9 Å². The fourth-order valence-corrected chi connectivity index (χ4v) is 3.86. The van der Waals surface area contributed by atoms with Gasteiger partial charge in [-0.05, 0) is 34.7 Å². The molecule has 0 aromatic heterocycles. The van der Waals surface area contributed by atoms with E-state index in [-0.39, 0.29) is 23.6 Å². The van der Waals surface area contributed by atoms with Crippen LogP contribution in [-0.4, -0.2) is 55.7 Å². The van der Waals surface area contributed by atoms with Gasteiger partial charge < -0.3 is 0 Å². The zero-order valence-electron chi connectivity index (χ0n) is 19.1. The van der Waals surface area contributed by atoms with Gasteiger partial charge in [-0.3, -0.25) is 4.28 Å². The summed E-state index contributed by atoms with van der Waals surface area (Å²) in [6.07, 6.45) is -6.01. The van der Waals surface area contributed by atoms with Crippen molar-refractivity contribution in [3.63, 3.8) is 0 Å². The maximum Gasteiger partial charge on any atom is 0.536 e. The zero-order chi connectivity index (χ0) is 31.6. The number of benzene rings is 2. The van der Waals surface area contributed by atoms with Crippen molar-refractivity contribution in [3.05, 3.63) is 59.2 Å². The number of oxime groups is 1. The fraction of sp³-hybridized carbons (Fsp3) is 0.381. The van der Waals surface area contributed by atoms with Gasteiger partial charge in [0, 0.05) is 5.56 Å². The Bertz CT molecular complexity index is 1470. The molecule has 0 saturated heterocycles. The van der Waals surface area contributed by atoms with Gasteiger partial charge in [0.15, 0.2) is 5.71 Å². The van der Waals surface area contributed by atoms with Crippen LogP contribution in [0.5, 0.6) is 0 Å². The van der Waals surface area contributed by atoms with Crippen molar-refractivity contribution < 1.29 is 78.6 Å². The van der Waals surface area contributed by atoms with E-state index in [0.717, 1.165) is 6.07 Å². The summed E-state index contributed by atoms with van der Waals surface area (Å²) in [7, 11) is -7.08. The third kappa shape index (κ3) is 4.86. The van der Waals surface area contributed by atoms with Crippen molar-refractivity contribution in [2.75, 3.05) is 0 Å². The minimum atomic E-state index is -8.07. The number of alkyl halides is 15. The molecule has 0 fully saturated rings. The highest BCUT2D eigenvalue weighted by molar-refractivity contribution is 7.87. The summed E-state index contributed by atoms with van der Waals surface area (Å²) in [5.74, 6) is -38.3. The number of hydrogen-bond donors (Lipinski definition) is 0. The lowest BCUT2D eigenvalue weighted by Gasteiger charge is -2.39. The Morgan fingerprint density at radius 2 is 1.27 bits per heavy atom. The smallest absolute Gasteiger partial charge is 0.261 e. The second-order valence-corrected chi connectivity index (χ2v) is 9.86. The summed E-state index contributed by atoms with van der Waals surface area (Å²) in [6, 6.07) is 7.39. The topological polar surface area (TPSA) is 55.7 Å². The molecule has 3 rings (SSSR count). The molecule has 0 atom stereocenters. The molecule has 228 valence electrons. The lowest BCUT2D eigenvalue weighted by molar-refractivity contribution is -0.404. The largest absolute Gasteiger partial charge is 0.536 e. The maximum atomic E-state index is 15.0. The van der Waals surface area contributed by atoms with Crippen molar-refractivity contribution in [1.29, 1.82) is 0 Å². The molecule has 0 N–H and O–H groups in total. The highest BCUT2D eigenvalue weighted by atomic mass is 32.2. The summed E-state index contributed by atoms with van der Waals surface area (Å²) in [5.41, 5.74) is -10.4. The minimum absolute atomic E-state index is 0.129. The molecule has 0 bridgehead atoms. The predicted molar refractivity (Wildman–Crippen MR) is 108 cm³/mol. The second kappa shape index (κ2) is 9.69. The lowest BCUT2D eigenvalue weighted by atomic mass is 9.89. The van der Waals surface area contributed by atoms with E-state index in [0.29, 0.717) is 17.2 Å². The normalized spacial score (nSPS) is 15.7. The summed E-state index contributed by atoms with van der Waals surface area (Å²) >= 11 is 0. The molecule has 2 aromatic carbocycles. The number of fused-ring (bicyclic) bond motifs is 3. The zero-order valence-corrected chi connectivity index (χ0v) is 19.9. The van der Waals surface area contributed by atoms with Gasteiger partial charge in [-0.15, -0.1) is 0 Å². The van der Waals surface area contributed by atoms with Gasteiger partial charge in [-0.25, -0.2) is 8.78 Å². The summed E-state index contributed by atoms with van der Waals surface area (Å²) in [4.78, 5) is 0. The van der Waals surface area contributed by atoms with E-state index in [4.69, 9.17) is 0 Å². The van der Waals surface area contributed by atoms with Crippen LogP contribution in [0.2, 0.25) is 0 Å². The third-order valence-electron chi connectivity index (χ3n) is 5.75. The van der Waals surface area contributed by atoms with E-state index in [1.54, 1.807) is 5.16 Å². The molecule has 0 spiro atoms. The van der Waals surface area contributed by atoms with Crippen LogP contribution in [0, 0.1) is 0 Å². The first-order valence-electron chi connectivity index (χ1n) is 10.3. The fourth-order valence-electron chi connectivity index (χ4n) is 3.60. The van der Waals surface area contributed by atoms with Crippen molar-refractivity contribution in [1.82, 2.24) is 0 Å². The van der Waals surface area contributed by atoms with Crippen molar-refractivity contribution in [2.45, 2.75) is 48.0 Å². The van der Waals surface area contributed by atoms with Crippen LogP contribution < -0.4 is 0 Å². The Morgan fingerprint density at radius 1 is 0.732 bits per heavy atom. The first-order chi connectivity index (χ1) is 18.3. The van der Waals surface area contributed by atoms with Crippen molar-refractivity contribution in [3.8, 4) is 11.1 Å². The first kappa shape index (κ1) is 32.3. The Balaban J connectivity index is 2.24. The number of halogens is 15. The van der Waals surface area contributed by atoms with Crippen LogP contribution in [0.15, 0.2) is 47.6 Å². The van der Waals surface area contributed by atoms with E-state index >= 15 is 0 Å². The molecule has 0 heterocycles. The van der Waals surface area contributed by atoms with Crippen LogP contribution in [0.3, 0.4) is 0 Å².